The van der Waals surface area contributed by atoms with Gasteiger partial charge in [0.15, 0.2) is 0 Å². The van der Waals surface area contributed by atoms with Crippen molar-refractivity contribution in [3.05, 3.63) is 60.2 Å². The zero-order valence-corrected chi connectivity index (χ0v) is 15.8. The first kappa shape index (κ1) is 19.6. The molecule has 0 radical (unpaired) electrons. The third-order valence-electron chi connectivity index (χ3n) is 3.84. The second-order valence-corrected chi connectivity index (χ2v) is 6.20. The molecule has 0 spiro atoms. The Hall–Kier alpha value is -2.69. The highest BCUT2D eigenvalue weighted by atomic mass is 16.5. The van der Waals surface area contributed by atoms with E-state index in [0.29, 0.717) is 26.3 Å². The Labute approximate surface area is 155 Å². The van der Waals surface area contributed by atoms with Gasteiger partial charge in [-0.25, -0.2) is 4.79 Å². The van der Waals surface area contributed by atoms with E-state index < -0.39 is 0 Å². The molecule has 0 aliphatic rings. The van der Waals surface area contributed by atoms with Gasteiger partial charge in [0, 0.05) is 18.7 Å². The lowest BCUT2D eigenvalue weighted by atomic mass is 10.2. The lowest BCUT2D eigenvalue weighted by molar-refractivity contribution is 0.177. The van der Waals surface area contributed by atoms with Crippen molar-refractivity contribution in [2.75, 3.05) is 19.8 Å². The minimum absolute atomic E-state index is 0.0875. The summed E-state index contributed by atoms with van der Waals surface area (Å²) in [6, 6.07) is 17.5. The summed E-state index contributed by atoms with van der Waals surface area (Å²) in [4.78, 5) is 14.3. The number of ether oxygens (including phenoxy) is 2. The minimum Gasteiger partial charge on any atom is -0.494 e. The summed E-state index contributed by atoms with van der Waals surface area (Å²) in [6.45, 7) is 8.01. The van der Waals surface area contributed by atoms with Crippen LogP contribution in [0.15, 0.2) is 54.6 Å². The summed E-state index contributed by atoms with van der Waals surface area (Å²) in [7, 11) is 0. The number of hydrogen-bond donors (Lipinski definition) is 1. The molecule has 0 aliphatic carbocycles. The Kier molecular flexibility index (Phi) is 7.80. The number of benzene rings is 2. The van der Waals surface area contributed by atoms with E-state index in [0.717, 1.165) is 17.1 Å². The van der Waals surface area contributed by atoms with Gasteiger partial charge >= 0.3 is 6.03 Å². The van der Waals surface area contributed by atoms with E-state index in [9.17, 15) is 4.79 Å². The standard InChI is InChI=1S/C21H28N2O3/c1-4-25-19-11-8-12-20(15-19)26-14-13-22-21(24)23(17(2)3)16-18-9-6-5-7-10-18/h5-12,15,17H,4,13-14,16H2,1-3H3,(H,22,24). The highest BCUT2D eigenvalue weighted by Crippen LogP contribution is 2.19. The lowest BCUT2D eigenvalue weighted by Crippen LogP contribution is -2.44. The van der Waals surface area contributed by atoms with Crippen molar-refractivity contribution < 1.29 is 14.3 Å². The van der Waals surface area contributed by atoms with Crippen molar-refractivity contribution in [3.8, 4) is 11.5 Å². The first-order chi connectivity index (χ1) is 12.6. The molecular weight excluding hydrogens is 328 g/mol. The fourth-order valence-corrected chi connectivity index (χ4v) is 2.52. The van der Waals surface area contributed by atoms with Gasteiger partial charge in [-0.15, -0.1) is 0 Å². The second kappa shape index (κ2) is 10.3. The lowest BCUT2D eigenvalue weighted by Gasteiger charge is -2.27. The van der Waals surface area contributed by atoms with Crippen molar-refractivity contribution in [2.24, 2.45) is 0 Å². The molecule has 26 heavy (non-hydrogen) atoms. The van der Waals surface area contributed by atoms with Gasteiger partial charge in [0.2, 0.25) is 0 Å². The van der Waals surface area contributed by atoms with Crippen LogP contribution in [0.3, 0.4) is 0 Å². The van der Waals surface area contributed by atoms with E-state index in [-0.39, 0.29) is 12.1 Å². The number of amides is 2. The van der Waals surface area contributed by atoms with Crippen molar-refractivity contribution in [3.63, 3.8) is 0 Å². The van der Waals surface area contributed by atoms with Crippen LogP contribution >= 0.6 is 0 Å². The van der Waals surface area contributed by atoms with Crippen LogP contribution in [-0.4, -0.2) is 36.7 Å². The van der Waals surface area contributed by atoms with Crippen molar-refractivity contribution >= 4 is 6.03 Å². The Morgan fingerprint density at radius 1 is 1.04 bits per heavy atom. The van der Waals surface area contributed by atoms with Crippen LogP contribution in [0.5, 0.6) is 11.5 Å². The molecule has 0 heterocycles. The van der Waals surface area contributed by atoms with Crippen LogP contribution in [0.2, 0.25) is 0 Å². The van der Waals surface area contributed by atoms with Crippen molar-refractivity contribution in [2.45, 2.75) is 33.4 Å². The van der Waals surface area contributed by atoms with E-state index in [1.54, 1.807) is 0 Å². The molecule has 0 aliphatic heterocycles. The molecule has 0 bridgehead atoms. The largest absolute Gasteiger partial charge is 0.494 e. The molecule has 0 saturated heterocycles. The van der Waals surface area contributed by atoms with Crippen molar-refractivity contribution in [1.82, 2.24) is 10.2 Å². The van der Waals surface area contributed by atoms with E-state index in [1.807, 2.05) is 80.3 Å². The summed E-state index contributed by atoms with van der Waals surface area (Å²) >= 11 is 0. The first-order valence-electron chi connectivity index (χ1n) is 9.04. The zero-order valence-electron chi connectivity index (χ0n) is 15.8. The van der Waals surface area contributed by atoms with E-state index >= 15 is 0 Å². The molecule has 0 fully saturated rings. The molecule has 0 saturated carbocycles. The molecule has 0 atom stereocenters. The highest BCUT2D eigenvalue weighted by molar-refractivity contribution is 5.74. The molecule has 2 amide bonds. The average Bonchev–Trinajstić information content (AvgIpc) is 2.64. The van der Waals surface area contributed by atoms with Crippen LogP contribution in [0.1, 0.15) is 26.3 Å². The molecular formula is C21H28N2O3. The SMILES string of the molecule is CCOc1cccc(OCCNC(=O)N(Cc2ccccc2)C(C)C)c1. The molecule has 1 N–H and O–H groups in total. The zero-order chi connectivity index (χ0) is 18.8. The summed E-state index contributed by atoms with van der Waals surface area (Å²) in [6.07, 6.45) is 0. The topological polar surface area (TPSA) is 50.8 Å². The van der Waals surface area contributed by atoms with Gasteiger partial charge in [-0.2, -0.15) is 0 Å². The van der Waals surface area contributed by atoms with Crippen LogP contribution in [-0.2, 0) is 6.54 Å². The number of nitrogens with one attached hydrogen (secondary N) is 1. The van der Waals surface area contributed by atoms with Gasteiger partial charge in [-0.05, 0) is 38.5 Å². The quantitative estimate of drug-likeness (QED) is 0.689. The van der Waals surface area contributed by atoms with Crippen LogP contribution < -0.4 is 14.8 Å². The van der Waals surface area contributed by atoms with Gasteiger partial charge in [-0.3, -0.25) is 0 Å². The van der Waals surface area contributed by atoms with Gasteiger partial charge in [0.1, 0.15) is 18.1 Å². The highest BCUT2D eigenvalue weighted by Gasteiger charge is 2.16. The molecule has 0 unspecified atom stereocenters. The Bertz CT molecular complexity index is 674. The maximum atomic E-state index is 12.5. The molecule has 140 valence electrons. The number of nitrogens with zero attached hydrogens (tertiary/aromatic N) is 1. The fourth-order valence-electron chi connectivity index (χ4n) is 2.52. The van der Waals surface area contributed by atoms with Gasteiger partial charge in [-0.1, -0.05) is 36.4 Å². The normalized spacial score (nSPS) is 10.5. The second-order valence-electron chi connectivity index (χ2n) is 6.20. The first-order valence-corrected chi connectivity index (χ1v) is 9.04. The van der Waals surface area contributed by atoms with Crippen molar-refractivity contribution in [1.29, 1.82) is 0 Å². The van der Waals surface area contributed by atoms with Gasteiger partial charge in [0.25, 0.3) is 0 Å². The van der Waals surface area contributed by atoms with Crippen LogP contribution in [0.4, 0.5) is 4.79 Å². The molecule has 2 aromatic rings. The maximum absolute atomic E-state index is 12.5. The van der Waals surface area contributed by atoms with E-state index in [2.05, 4.69) is 5.32 Å². The fraction of sp³-hybridized carbons (Fsp3) is 0.381. The molecule has 2 aromatic carbocycles. The third kappa shape index (κ3) is 6.31. The number of rotatable bonds is 9. The number of carbonyl (C=O) groups excluding carboxylic acids is 1. The minimum atomic E-state index is -0.0875. The monoisotopic (exact) mass is 356 g/mol. The van der Waals surface area contributed by atoms with E-state index in [4.69, 9.17) is 9.47 Å². The van der Waals surface area contributed by atoms with Crippen LogP contribution in [0.25, 0.3) is 0 Å². The number of hydrogen-bond acceptors (Lipinski definition) is 3. The average molecular weight is 356 g/mol. The number of carbonyl (C=O) groups is 1. The predicted molar refractivity (Wildman–Crippen MR) is 104 cm³/mol. The maximum Gasteiger partial charge on any atom is 0.318 e. The summed E-state index contributed by atoms with van der Waals surface area (Å²) in [5, 5.41) is 2.93. The van der Waals surface area contributed by atoms with Gasteiger partial charge < -0.3 is 19.7 Å². The van der Waals surface area contributed by atoms with Gasteiger partial charge in [0.05, 0.1) is 13.2 Å². The predicted octanol–water partition coefficient (Wildman–Crippen LogP) is 4.08. The summed E-state index contributed by atoms with van der Waals surface area (Å²) in [5.74, 6) is 1.51. The number of urea groups is 1. The molecule has 0 aromatic heterocycles. The molecule has 2 rings (SSSR count). The van der Waals surface area contributed by atoms with Crippen LogP contribution in [0, 0.1) is 0 Å². The van der Waals surface area contributed by atoms with E-state index in [1.165, 1.54) is 0 Å². The third-order valence-corrected chi connectivity index (χ3v) is 3.84. The summed E-state index contributed by atoms with van der Waals surface area (Å²) < 4.78 is 11.1. The summed E-state index contributed by atoms with van der Waals surface area (Å²) in [5.41, 5.74) is 1.11. The Balaban J connectivity index is 1.80. The Morgan fingerprint density at radius 3 is 2.38 bits per heavy atom. The molecule has 5 nitrogen and oxygen atoms in total. The molecule has 5 heteroatoms. The Morgan fingerprint density at radius 2 is 1.73 bits per heavy atom. The smallest absolute Gasteiger partial charge is 0.318 e.